The van der Waals surface area contributed by atoms with Crippen LogP contribution in [0.3, 0.4) is 0 Å². The lowest BCUT2D eigenvalue weighted by molar-refractivity contribution is 0.158. The number of ether oxygens (including phenoxy) is 1. The molecule has 0 N–H and O–H groups in total. The summed E-state index contributed by atoms with van der Waals surface area (Å²) in [6.07, 6.45) is 3.35. The van der Waals surface area contributed by atoms with Crippen LogP contribution >= 0.6 is 23.5 Å². The first-order valence-corrected chi connectivity index (χ1v) is 10.7. The SMILES string of the molecule is c1ccc(CCCCOC(Sc2ccccc2)Sc2ccccc2)cc1. The highest BCUT2D eigenvalue weighted by Crippen LogP contribution is 2.36. The highest BCUT2D eigenvalue weighted by atomic mass is 32.2. The largest absolute Gasteiger partial charge is 0.357 e. The van der Waals surface area contributed by atoms with E-state index in [-0.39, 0.29) is 4.77 Å². The summed E-state index contributed by atoms with van der Waals surface area (Å²) in [4.78, 5) is 2.48. The molecule has 3 aromatic carbocycles. The van der Waals surface area contributed by atoms with Gasteiger partial charge in [-0.25, -0.2) is 0 Å². The Morgan fingerprint density at radius 3 is 1.65 bits per heavy atom. The Labute approximate surface area is 165 Å². The van der Waals surface area contributed by atoms with Gasteiger partial charge in [0.2, 0.25) is 0 Å². The molecule has 0 unspecified atom stereocenters. The van der Waals surface area contributed by atoms with Gasteiger partial charge >= 0.3 is 0 Å². The van der Waals surface area contributed by atoms with Crippen molar-refractivity contribution in [1.29, 1.82) is 0 Å². The van der Waals surface area contributed by atoms with E-state index in [1.807, 2.05) is 12.1 Å². The minimum Gasteiger partial charge on any atom is -0.357 e. The van der Waals surface area contributed by atoms with Gasteiger partial charge < -0.3 is 4.74 Å². The lowest BCUT2D eigenvalue weighted by atomic mass is 10.1. The quantitative estimate of drug-likeness (QED) is 0.215. The Kier molecular flexibility index (Phi) is 8.17. The smallest absolute Gasteiger partial charge is 0.158 e. The van der Waals surface area contributed by atoms with Gasteiger partial charge in [-0.1, -0.05) is 90.3 Å². The van der Waals surface area contributed by atoms with Crippen LogP contribution in [0.5, 0.6) is 0 Å². The maximum absolute atomic E-state index is 6.21. The van der Waals surface area contributed by atoms with Crippen molar-refractivity contribution < 1.29 is 4.74 Å². The molecule has 0 aromatic heterocycles. The Morgan fingerprint density at radius 2 is 1.12 bits per heavy atom. The van der Waals surface area contributed by atoms with E-state index in [2.05, 4.69) is 78.9 Å². The molecule has 1 nitrogen and oxygen atoms in total. The number of unbranched alkanes of at least 4 members (excludes halogenated alkanes) is 1. The predicted octanol–water partition coefficient (Wildman–Crippen LogP) is 6.89. The topological polar surface area (TPSA) is 9.23 Å². The van der Waals surface area contributed by atoms with E-state index < -0.39 is 0 Å². The van der Waals surface area contributed by atoms with Crippen LogP contribution in [0.1, 0.15) is 18.4 Å². The third-order valence-corrected chi connectivity index (χ3v) is 6.23. The highest BCUT2D eigenvalue weighted by molar-refractivity contribution is 8.16. The Bertz CT molecular complexity index is 690. The van der Waals surface area contributed by atoms with Crippen LogP contribution in [0.4, 0.5) is 0 Å². The minimum absolute atomic E-state index is 0.0662. The third kappa shape index (κ3) is 6.91. The molecule has 0 saturated carbocycles. The summed E-state index contributed by atoms with van der Waals surface area (Å²) < 4.78 is 6.28. The van der Waals surface area contributed by atoms with E-state index in [1.165, 1.54) is 15.4 Å². The van der Waals surface area contributed by atoms with Crippen molar-refractivity contribution in [2.75, 3.05) is 6.61 Å². The van der Waals surface area contributed by atoms with Crippen LogP contribution in [0.2, 0.25) is 0 Å². The number of aryl methyl sites for hydroxylation is 1. The van der Waals surface area contributed by atoms with Crippen molar-refractivity contribution in [1.82, 2.24) is 0 Å². The molecule has 0 spiro atoms. The van der Waals surface area contributed by atoms with Crippen molar-refractivity contribution in [3.8, 4) is 0 Å². The molecule has 0 saturated heterocycles. The second-order valence-corrected chi connectivity index (χ2v) is 8.53. The molecule has 3 heteroatoms. The van der Waals surface area contributed by atoms with Crippen LogP contribution in [0.25, 0.3) is 0 Å². The van der Waals surface area contributed by atoms with Crippen molar-refractivity contribution in [2.45, 2.75) is 33.8 Å². The first-order chi connectivity index (χ1) is 12.9. The van der Waals surface area contributed by atoms with Crippen LogP contribution < -0.4 is 0 Å². The molecule has 3 rings (SSSR count). The average Bonchev–Trinajstić information content (AvgIpc) is 2.70. The molecule has 0 aliphatic heterocycles. The van der Waals surface area contributed by atoms with Gasteiger partial charge in [-0.2, -0.15) is 0 Å². The van der Waals surface area contributed by atoms with E-state index in [0.29, 0.717) is 0 Å². The summed E-state index contributed by atoms with van der Waals surface area (Å²) in [6, 6.07) is 31.6. The third-order valence-electron chi connectivity index (χ3n) is 3.91. The van der Waals surface area contributed by atoms with Gasteiger partial charge in [0.25, 0.3) is 0 Å². The second kappa shape index (κ2) is 11.1. The lowest BCUT2D eigenvalue weighted by Gasteiger charge is -2.17. The number of hydrogen-bond acceptors (Lipinski definition) is 3. The maximum atomic E-state index is 6.21. The highest BCUT2D eigenvalue weighted by Gasteiger charge is 2.12. The summed E-state index contributed by atoms with van der Waals surface area (Å²) in [5.41, 5.74) is 1.40. The zero-order valence-corrected chi connectivity index (χ0v) is 16.4. The van der Waals surface area contributed by atoms with Crippen LogP contribution in [-0.2, 0) is 11.2 Å². The van der Waals surface area contributed by atoms with E-state index in [9.17, 15) is 0 Å². The molecule has 0 amide bonds. The molecule has 0 bridgehead atoms. The summed E-state index contributed by atoms with van der Waals surface area (Å²) in [5.74, 6) is 0. The van der Waals surface area contributed by atoms with Gasteiger partial charge in [0.15, 0.2) is 4.77 Å². The first kappa shape index (κ1) is 19.1. The predicted molar refractivity (Wildman–Crippen MR) is 114 cm³/mol. The number of rotatable bonds is 10. The maximum Gasteiger partial charge on any atom is 0.158 e. The Balaban J connectivity index is 1.48. The number of hydrogen-bond donors (Lipinski definition) is 0. The first-order valence-electron chi connectivity index (χ1n) is 8.99. The fourth-order valence-corrected chi connectivity index (χ4v) is 4.83. The molecule has 0 heterocycles. The van der Waals surface area contributed by atoms with Crippen LogP contribution in [-0.4, -0.2) is 11.4 Å². The summed E-state index contributed by atoms with van der Waals surface area (Å²) in [7, 11) is 0. The van der Waals surface area contributed by atoms with E-state index in [0.717, 1.165) is 25.9 Å². The zero-order valence-electron chi connectivity index (χ0n) is 14.8. The summed E-state index contributed by atoms with van der Waals surface area (Å²) in [6.45, 7) is 0.789. The Hall–Kier alpha value is -1.68. The molecule has 134 valence electrons. The van der Waals surface area contributed by atoms with Crippen LogP contribution in [0.15, 0.2) is 101 Å². The van der Waals surface area contributed by atoms with E-state index in [4.69, 9.17) is 4.74 Å². The average molecular weight is 381 g/mol. The van der Waals surface area contributed by atoms with Crippen molar-refractivity contribution in [3.05, 3.63) is 96.6 Å². The van der Waals surface area contributed by atoms with E-state index >= 15 is 0 Å². The fraction of sp³-hybridized carbons (Fsp3) is 0.217. The van der Waals surface area contributed by atoms with Crippen molar-refractivity contribution in [2.24, 2.45) is 0 Å². The van der Waals surface area contributed by atoms with Gasteiger partial charge in [-0.05, 0) is 49.1 Å². The fourth-order valence-electron chi connectivity index (χ4n) is 2.57. The number of thioether (sulfide) groups is 2. The lowest BCUT2D eigenvalue weighted by Crippen LogP contribution is -2.06. The number of benzene rings is 3. The second-order valence-electron chi connectivity index (χ2n) is 5.96. The van der Waals surface area contributed by atoms with Crippen LogP contribution in [0, 0.1) is 0 Å². The molecule has 0 fully saturated rings. The molecule has 3 aromatic rings. The molecule has 0 aliphatic carbocycles. The van der Waals surface area contributed by atoms with Gasteiger partial charge in [0.05, 0.1) is 0 Å². The Morgan fingerprint density at radius 1 is 0.615 bits per heavy atom. The van der Waals surface area contributed by atoms with Gasteiger partial charge in [0, 0.05) is 16.4 Å². The minimum atomic E-state index is 0.0662. The van der Waals surface area contributed by atoms with Gasteiger partial charge in [0.1, 0.15) is 0 Å². The normalized spacial score (nSPS) is 11.0. The molecule has 0 aliphatic rings. The molecule has 0 radical (unpaired) electrons. The van der Waals surface area contributed by atoms with Crippen molar-refractivity contribution in [3.63, 3.8) is 0 Å². The molecular weight excluding hydrogens is 356 g/mol. The van der Waals surface area contributed by atoms with Gasteiger partial charge in [-0.3, -0.25) is 0 Å². The molecular formula is C23H24OS2. The van der Waals surface area contributed by atoms with E-state index in [1.54, 1.807) is 23.5 Å². The molecule has 0 atom stereocenters. The molecule has 26 heavy (non-hydrogen) atoms. The monoisotopic (exact) mass is 380 g/mol. The standard InChI is InChI=1S/C23H24OS2/c1-4-12-20(13-5-1)14-10-11-19-24-23(25-21-15-6-2-7-16-21)26-22-17-8-3-9-18-22/h1-9,12-13,15-18,23H,10-11,14,19H2. The zero-order chi connectivity index (χ0) is 17.9. The summed E-state index contributed by atoms with van der Waals surface area (Å²) >= 11 is 3.56. The summed E-state index contributed by atoms with van der Waals surface area (Å²) in [5, 5.41) is 0. The van der Waals surface area contributed by atoms with Gasteiger partial charge in [-0.15, -0.1) is 0 Å². The van der Waals surface area contributed by atoms with Crippen molar-refractivity contribution >= 4 is 23.5 Å².